The first kappa shape index (κ1) is 16.2. The quantitative estimate of drug-likeness (QED) is 0.828. The Hall–Kier alpha value is -1.16. The second-order valence-electron chi connectivity index (χ2n) is 6.07. The molecule has 0 spiro atoms. The summed E-state index contributed by atoms with van der Waals surface area (Å²) in [7, 11) is 2.10. The molecule has 0 aliphatic heterocycles. The number of nitrogens with zero attached hydrogens (tertiary/aromatic N) is 2. The van der Waals surface area contributed by atoms with Crippen LogP contribution in [-0.4, -0.2) is 29.5 Å². The zero-order valence-electron chi connectivity index (χ0n) is 13.0. The molecule has 1 unspecified atom stereocenters. The topological polar surface area (TPSA) is 42.1 Å². The van der Waals surface area contributed by atoms with Gasteiger partial charge in [-0.2, -0.15) is 0 Å². The number of aromatic nitrogens is 1. The van der Waals surface area contributed by atoms with E-state index in [9.17, 15) is 0 Å². The number of pyridine rings is 1. The maximum atomic E-state index is 6.30. The van der Waals surface area contributed by atoms with Crippen molar-refractivity contribution in [2.45, 2.75) is 32.9 Å². The number of para-hydroxylation sites is 1. The van der Waals surface area contributed by atoms with Gasteiger partial charge < -0.3 is 10.6 Å². The lowest BCUT2D eigenvalue weighted by Crippen LogP contribution is -2.31. The van der Waals surface area contributed by atoms with Gasteiger partial charge in [0.25, 0.3) is 0 Å². The molecule has 0 saturated heterocycles. The van der Waals surface area contributed by atoms with Crippen LogP contribution >= 0.6 is 11.6 Å². The zero-order valence-corrected chi connectivity index (χ0v) is 13.8. The monoisotopic (exact) mass is 305 g/mol. The number of benzene rings is 1. The Kier molecular flexibility index (Phi) is 5.57. The number of hydrogen-bond acceptors (Lipinski definition) is 3. The van der Waals surface area contributed by atoms with Crippen LogP contribution in [-0.2, 0) is 6.54 Å². The van der Waals surface area contributed by atoms with Gasteiger partial charge in [-0.05, 0) is 38.1 Å². The molecule has 1 aromatic carbocycles. The van der Waals surface area contributed by atoms with Crippen LogP contribution in [0.3, 0.4) is 0 Å². The summed E-state index contributed by atoms with van der Waals surface area (Å²) in [5.41, 5.74) is 8.10. The van der Waals surface area contributed by atoms with E-state index in [0.717, 1.165) is 36.0 Å². The second-order valence-corrected chi connectivity index (χ2v) is 6.42. The van der Waals surface area contributed by atoms with Crippen LogP contribution in [0.5, 0.6) is 0 Å². The fraction of sp³-hybridized carbons (Fsp3) is 0.471. The number of hydrogen-bond donors (Lipinski definition) is 1. The molecule has 2 aromatic rings. The van der Waals surface area contributed by atoms with Gasteiger partial charge in [0, 0.05) is 23.5 Å². The number of rotatable bonds is 6. The summed E-state index contributed by atoms with van der Waals surface area (Å²) in [6, 6.07) is 10.4. The normalized spacial score (nSPS) is 13.3. The van der Waals surface area contributed by atoms with E-state index < -0.39 is 0 Å². The highest BCUT2D eigenvalue weighted by Crippen LogP contribution is 2.21. The van der Waals surface area contributed by atoms with Crippen molar-refractivity contribution in [3.8, 4) is 0 Å². The maximum absolute atomic E-state index is 6.30. The van der Waals surface area contributed by atoms with Crippen LogP contribution in [0.25, 0.3) is 10.9 Å². The largest absolute Gasteiger partial charge is 0.327 e. The van der Waals surface area contributed by atoms with Crippen molar-refractivity contribution in [2.24, 2.45) is 11.7 Å². The molecular weight excluding hydrogens is 282 g/mol. The molecule has 0 bridgehead atoms. The fourth-order valence-corrected chi connectivity index (χ4v) is 2.53. The van der Waals surface area contributed by atoms with E-state index in [-0.39, 0.29) is 6.04 Å². The van der Waals surface area contributed by atoms with E-state index in [2.05, 4.69) is 42.9 Å². The summed E-state index contributed by atoms with van der Waals surface area (Å²) in [4.78, 5) is 6.72. The summed E-state index contributed by atoms with van der Waals surface area (Å²) in [5, 5.41) is 1.72. The highest BCUT2D eigenvalue weighted by molar-refractivity contribution is 6.30. The van der Waals surface area contributed by atoms with E-state index in [1.54, 1.807) is 0 Å². The molecule has 0 amide bonds. The van der Waals surface area contributed by atoms with Crippen LogP contribution < -0.4 is 5.73 Å². The first-order chi connectivity index (χ1) is 9.97. The Morgan fingerprint density at radius 3 is 2.71 bits per heavy atom. The van der Waals surface area contributed by atoms with E-state index in [4.69, 9.17) is 17.3 Å². The van der Waals surface area contributed by atoms with E-state index in [1.165, 1.54) is 0 Å². The molecular formula is C17H24ClN3. The predicted molar refractivity (Wildman–Crippen MR) is 90.5 cm³/mol. The van der Waals surface area contributed by atoms with Crippen molar-refractivity contribution in [2.75, 3.05) is 13.6 Å². The Balaban J connectivity index is 2.03. The molecule has 2 N–H and O–H groups in total. The summed E-state index contributed by atoms with van der Waals surface area (Å²) in [6.45, 7) is 6.08. The van der Waals surface area contributed by atoms with Gasteiger partial charge in [0.15, 0.2) is 0 Å². The highest BCUT2D eigenvalue weighted by atomic mass is 35.5. The average molecular weight is 306 g/mol. The van der Waals surface area contributed by atoms with Crippen LogP contribution in [0.1, 0.15) is 25.8 Å². The van der Waals surface area contributed by atoms with Crippen molar-refractivity contribution < 1.29 is 0 Å². The molecule has 0 aliphatic carbocycles. The Morgan fingerprint density at radius 2 is 2.00 bits per heavy atom. The molecule has 0 fully saturated rings. The van der Waals surface area contributed by atoms with Crippen molar-refractivity contribution in [1.82, 2.24) is 9.88 Å². The van der Waals surface area contributed by atoms with E-state index in [1.807, 2.05) is 18.2 Å². The molecule has 21 heavy (non-hydrogen) atoms. The van der Waals surface area contributed by atoms with Gasteiger partial charge in [-0.15, -0.1) is 0 Å². The van der Waals surface area contributed by atoms with Gasteiger partial charge in [-0.25, -0.2) is 4.98 Å². The van der Waals surface area contributed by atoms with Gasteiger partial charge in [-0.3, -0.25) is 0 Å². The van der Waals surface area contributed by atoms with Gasteiger partial charge >= 0.3 is 0 Å². The first-order valence-electron chi connectivity index (χ1n) is 7.45. The number of nitrogens with two attached hydrogens (primary N) is 1. The minimum absolute atomic E-state index is 0.248. The molecule has 2 rings (SSSR count). The number of halogens is 1. The third kappa shape index (κ3) is 4.40. The molecule has 0 aliphatic rings. The van der Waals surface area contributed by atoms with Crippen molar-refractivity contribution in [1.29, 1.82) is 0 Å². The smallest absolute Gasteiger partial charge is 0.134 e. The lowest BCUT2D eigenvalue weighted by Gasteiger charge is -2.21. The fourth-order valence-electron chi connectivity index (χ4n) is 2.32. The standard InChI is InChI=1S/C17H24ClN3/c1-12(2)15(19)8-9-21(3)11-14-10-13-6-4-5-7-16(13)20-17(14)18/h4-7,10,12,15H,8-9,11,19H2,1-3H3. The van der Waals surface area contributed by atoms with Crippen LogP contribution in [0.4, 0.5) is 0 Å². The molecule has 1 heterocycles. The average Bonchev–Trinajstić information content (AvgIpc) is 2.45. The Labute approximate surface area is 132 Å². The molecule has 1 aromatic heterocycles. The first-order valence-corrected chi connectivity index (χ1v) is 7.83. The Morgan fingerprint density at radius 1 is 1.29 bits per heavy atom. The SMILES string of the molecule is CC(C)C(N)CCN(C)Cc1cc2ccccc2nc1Cl. The van der Waals surface area contributed by atoms with Crippen LogP contribution in [0.15, 0.2) is 30.3 Å². The lowest BCUT2D eigenvalue weighted by molar-refractivity contribution is 0.296. The van der Waals surface area contributed by atoms with Gasteiger partial charge in [0.1, 0.15) is 5.15 Å². The third-order valence-corrected chi connectivity index (χ3v) is 4.22. The van der Waals surface area contributed by atoms with Gasteiger partial charge in [0.05, 0.1) is 5.52 Å². The molecule has 0 saturated carbocycles. The van der Waals surface area contributed by atoms with Crippen LogP contribution in [0, 0.1) is 5.92 Å². The molecule has 0 radical (unpaired) electrons. The van der Waals surface area contributed by atoms with Crippen molar-refractivity contribution in [3.05, 3.63) is 41.0 Å². The van der Waals surface area contributed by atoms with Gasteiger partial charge in [-0.1, -0.05) is 43.6 Å². The molecule has 1 atom stereocenters. The minimum Gasteiger partial charge on any atom is -0.327 e. The minimum atomic E-state index is 0.248. The number of fused-ring (bicyclic) bond motifs is 1. The molecule has 3 nitrogen and oxygen atoms in total. The molecule has 114 valence electrons. The molecule has 4 heteroatoms. The lowest BCUT2D eigenvalue weighted by atomic mass is 10.0. The van der Waals surface area contributed by atoms with Crippen molar-refractivity contribution in [3.63, 3.8) is 0 Å². The van der Waals surface area contributed by atoms with Gasteiger partial charge in [0.2, 0.25) is 0 Å². The predicted octanol–water partition coefficient (Wildman–Crippen LogP) is 3.69. The summed E-state index contributed by atoms with van der Waals surface area (Å²) < 4.78 is 0. The maximum Gasteiger partial charge on any atom is 0.134 e. The zero-order chi connectivity index (χ0) is 15.4. The van der Waals surface area contributed by atoms with E-state index >= 15 is 0 Å². The summed E-state index contributed by atoms with van der Waals surface area (Å²) in [5.74, 6) is 0.518. The highest BCUT2D eigenvalue weighted by Gasteiger charge is 2.11. The van der Waals surface area contributed by atoms with Crippen LogP contribution in [0.2, 0.25) is 5.15 Å². The van der Waals surface area contributed by atoms with E-state index in [0.29, 0.717) is 11.1 Å². The summed E-state index contributed by atoms with van der Waals surface area (Å²) >= 11 is 6.30. The van der Waals surface area contributed by atoms with Crippen molar-refractivity contribution >= 4 is 22.5 Å². The summed E-state index contributed by atoms with van der Waals surface area (Å²) in [6.07, 6.45) is 0.993. The third-order valence-electron chi connectivity index (χ3n) is 3.89. The Bertz CT molecular complexity index is 598. The second kappa shape index (κ2) is 7.21.